The summed E-state index contributed by atoms with van der Waals surface area (Å²) in [7, 11) is 0. The van der Waals surface area contributed by atoms with E-state index in [9.17, 15) is 15.0 Å². The number of hydrogen-bond acceptors (Lipinski definition) is 8. The van der Waals surface area contributed by atoms with E-state index in [1.165, 1.54) is 17.2 Å². The van der Waals surface area contributed by atoms with Crippen LogP contribution in [0.5, 0.6) is 0 Å². The van der Waals surface area contributed by atoms with Crippen LogP contribution in [0.25, 0.3) is 11.2 Å². The molecule has 1 aliphatic rings. The van der Waals surface area contributed by atoms with Gasteiger partial charge < -0.3 is 26.0 Å². The maximum absolute atomic E-state index is 11.9. The molecular weight excluding hydrogens is 292 g/mol. The SMILES string of the molecule is CCNC(=O)[C@H]1O[C@@H](n2cnc3c(N)ncnc32)[C@H](O)C1O. The van der Waals surface area contributed by atoms with E-state index in [2.05, 4.69) is 20.3 Å². The minimum absolute atomic E-state index is 0.192. The van der Waals surface area contributed by atoms with Crippen LogP contribution in [-0.4, -0.2) is 60.5 Å². The molecule has 3 rings (SSSR count). The van der Waals surface area contributed by atoms with Crippen LogP contribution < -0.4 is 11.1 Å². The third-order valence-electron chi connectivity index (χ3n) is 3.51. The summed E-state index contributed by atoms with van der Waals surface area (Å²) in [6.45, 7) is 2.14. The summed E-state index contributed by atoms with van der Waals surface area (Å²) < 4.78 is 6.92. The second-order valence-corrected chi connectivity index (χ2v) is 4.91. The number of aliphatic hydroxyl groups excluding tert-OH is 2. The van der Waals surface area contributed by atoms with E-state index in [1.54, 1.807) is 6.92 Å². The molecule has 10 nitrogen and oxygen atoms in total. The molecular formula is C12H16N6O4. The van der Waals surface area contributed by atoms with Gasteiger partial charge in [-0.05, 0) is 6.92 Å². The second-order valence-electron chi connectivity index (χ2n) is 4.91. The van der Waals surface area contributed by atoms with Crippen LogP contribution in [0.4, 0.5) is 5.82 Å². The fourth-order valence-corrected chi connectivity index (χ4v) is 2.44. The molecule has 5 N–H and O–H groups in total. The molecule has 1 saturated heterocycles. The lowest BCUT2D eigenvalue weighted by atomic mass is 10.1. The lowest BCUT2D eigenvalue weighted by Crippen LogP contribution is -2.42. The molecule has 0 aliphatic carbocycles. The standard InChI is InChI=1S/C12H16N6O4/c1-2-14-11(21)8-6(19)7(20)12(22-8)18-4-17-5-9(13)15-3-16-10(5)18/h3-4,6-8,12,19-20H,2H2,1H3,(H,14,21)(H2,13,15,16)/t6?,7-,8+,12-/m1/s1. The molecule has 1 fully saturated rings. The highest BCUT2D eigenvalue weighted by Gasteiger charge is 2.47. The van der Waals surface area contributed by atoms with E-state index >= 15 is 0 Å². The highest BCUT2D eigenvalue weighted by Crippen LogP contribution is 2.31. The van der Waals surface area contributed by atoms with Crippen molar-refractivity contribution in [3.63, 3.8) is 0 Å². The van der Waals surface area contributed by atoms with E-state index in [1.807, 2.05) is 0 Å². The topological polar surface area (TPSA) is 148 Å². The Morgan fingerprint density at radius 2 is 2.18 bits per heavy atom. The molecule has 0 bridgehead atoms. The van der Waals surface area contributed by atoms with Gasteiger partial charge in [-0.25, -0.2) is 15.0 Å². The first-order valence-electron chi connectivity index (χ1n) is 6.77. The fraction of sp³-hybridized carbons (Fsp3) is 0.500. The van der Waals surface area contributed by atoms with Crippen LogP contribution >= 0.6 is 0 Å². The minimum Gasteiger partial charge on any atom is -0.387 e. The maximum atomic E-state index is 11.9. The number of ether oxygens (including phenoxy) is 1. The van der Waals surface area contributed by atoms with Crippen molar-refractivity contribution in [1.29, 1.82) is 0 Å². The molecule has 0 aromatic carbocycles. The Hall–Kier alpha value is -2.30. The number of nitrogens with zero attached hydrogens (tertiary/aromatic N) is 4. The van der Waals surface area contributed by atoms with Gasteiger partial charge in [0, 0.05) is 6.54 Å². The van der Waals surface area contributed by atoms with Crippen LogP contribution in [0.3, 0.4) is 0 Å². The predicted molar refractivity (Wildman–Crippen MR) is 74.3 cm³/mol. The summed E-state index contributed by atoms with van der Waals surface area (Å²) in [5, 5.41) is 22.7. The maximum Gasteiger partial charge on any atom is 0.252 e. The average molecular weight is 308 g/mol. The molecule has 0 spiro atoms. The number of aromatic nitrogens is 4. The van der Waals surface area contributed by atoms with Crippen LogP contribution in [0.15, 0.2) is 12.7 Å². The van der Waals surface area contributed by atoms with E-state index in [0.29, 0.717) is 17.7 Å². The van der Waals surface area contributed by atoms with E-state index < -0.39 is 30.4 Å². The summed E-state index contributed by atoms with van der Waals surface area (Å²) in [5.74, 6) is -0.299. The summed E-state index contributed by atoms with van der Waals surface area (Å²) in [5.41, 5.74) is 6.40. The number of imidazole rings is 1. The molecule has 22 heavy (non-hydrogen) atoms. The molecule has 1 aliphatic heterocycles. The number of anilines is 1. The molecule has 0 saturated carbocycles. The van der Waals surface area contributed by atoms with Crippen molar-refractivity contribution in [3.05, 3.63) is 12.7 Å². The van der Waals surface area contributed by atoms with Crippen molar-refractivity contribution in [2.75, 3.05) is 12.3 Å². The van der Waals surface area contributed by atoms with Gasteiger partial charge in [0.1, 0.15) is 24.1 Å². The van der Waals surface area contributed by atoms with Crippen molar-refractivity contribution >= 4 is 22.9 Å². The van der Waals surface area contributed by atoms with Gasteiger partial charge in [0.15, 0.2) is 23.8 Å². The Kier molecular flexibility index (Phi) is 3.64. The number of rotatable bonds is 3. The molecule has 1 unspecified atom stereocenters. The molecule has 1 amide bonds. The Balaban J connectivity index is 1.94. The molecule has 0 radical (unpaired) electrons. The first-order valence-corrected chi connectivity index (χ1v) is 6.77. The van der Waals surface area contributed by atoms with Gasteiger partial charge in [0.25, 0.3) is 5.91 Å². The summed E-state index contributed by atoms with van der Waals surface area (Å²) in [4.78, 5) is 23.8. The Morgan fingerprint density at radius 1 is 1.41 bits per heavy atom. The molecule has 2 aromatic heterocycles. The summed E-state index contributed by atoms with van der Waals surface area (Å²) in [6, 6.07) is 0. The number of carbonyl (C=O) groups is 1. The number of nitrogens with one attached hydrogen (secondary N) is 1. The van der Waals surface area contributed by atoms with Crippen LogP contribution in [0.1, 0.15) is 13.2 Å². The van der Waals surface area contributed by atoms with Crippen molar-refractivity contribution in [1.82, 2.24) is 24.8 Å². The number of amides is 1. The van der Waals surface area contributed by atoms with Gasteiger partial charge in [-0.1, -0.05) is 0 Å². The summed E-state index contributed by atoms with van der Waals surface area (Å²) in [6.07, 6.45) is -2.20. The average Bonchev–Trinajstić information content (AvgIpc) is 3.03. The molecule has 3 heterocycles. The zero-order chi connectivity index (χ0) is 15.9. The number of fused-ring (bicyclic) bond motifs is 1. The van der Waals surface area contributed by atoms with Crippen LogP contribution in [0.2, 0.25) is 0 Å². The fourth-order valence-electron chi connectivity index (χ4n) is 2.44. The molecule has 2 aromatic rings. The van der Waals surface area contributed by atoms with Crippen LogP contribution in [0, 0.1) is 0 Å². The van der Waals surface area contributed by atoms with Gasteiger partial charge in [-0.15, -0.1) is 0 Å². The predicted octanol–water partition coefficient (Wildman–Crippen LogP) is -1.84. The van der Waals surface area contributed by atoms with Crippen molar-refractivity contribution in [2.45, 2.75) is 31.5 Å². The molecule has 4 atom stereocenters. The van der Waals surface area contributed by atoms with Crippen molar-refractivity contribution < 1.29 is 19.7 Å². The van der Waals surface area contributed by atoms with E-state index in [4.69, 9.17) is 10.5 Å². The Morgan fingerprint density at radius 3 is 2.91 bits per heavy atom. The van der Waals surface area contributed by atoms with Gasteiger partial charge in [0.2, 0.25) is 0 Å². The zero-order valence-corrected chi connectivity index (χ0v) is 11.7. The number of carbonyl (C=O) groups excluding carboxylic acids is 1. The molecule has 10 heteroatoms. The number of nitrogen functional groups attached to an aromatic ring is 1. The smallest absolute Gasteiger partial charge is 0.252 e. The zero-order valence-electron chi connectivity index (χ0n) is 11.7. The first-order chi connectivity index (χ1) is 10.5. The number of aliphatic hydroxyl groups is 2. The Labute approximate surface area is 124 Å². The Bertz CT molecular complexity index is 704. The molecule has 118 valence electrons. The van der Waals surface area contributed by atoms with Crippen molar-refractivity contribution in [3.8, 4) is 0 Å². The monoisotopic (exact) mass is 308 g/mol. The quantitative estimate of drug-likeness (QED) is 0.517. The van der Waals surface area contributed by atoms with E-state index in [0.717, 1.165) is 0 Å². The largest absolute Gasteiger partial charge is 0.387 e. The normalized spacial score (nSPS) is 28.1. The lowest BCUT2D eigenvalue weighted by Gasteiger charge is -2.16. The third-order valence-corrected chi connectivity index (χ3v) is 3.51. The second kappa shape index (κ2) is 5.48. The van der Waals surface area contributed by atoms with Gasteiger partial charge in [0.05, 0.1) is 6.33 Å². The first kappa shape index (κ1) is 14.6. The number of likely N-dealkylation sites (N-methyl/N-ethyl adjacent to an activating group) is 1. The van der Waals surface area contributed by atoms with Gasteiger partial charge >= 0.3 is 0 Å². The van der Waals surface area contributed by atoms with Crippen molar-refractivity contribution in [2.24, 2.45) is 0 Å². The highest BCUT2D eigenvalue weighted by molar-refractivity contribution is 5.82. The highest BCUT2D eigenvalue weighted by atomic mass is 16.6. The van der Waals surface area contributed by atoms with E-state index in [-0.39, 0.29) is 5.82 Å². The number of nitrogens with two attached hydrogens (primary N) is 1. The minimum atomic E-state index is -1.35. The summed E-state index contributed by atoms with van der Waals surface area (Å²) >= 11 is 0. The van der Waals surface area contributed by atoms with Gasteiger partial charge in [-0.2, -0.15) is 0 Å². The van der Waals surface area contributed by atoms with Crippen LogP contribution in [-0.2, 0) is 9.53 Å². The third kappa shape index (κ3) is 2.17. The lowest BCUT2D eigenvalue weighted by molar-refractivity contribution is -0.137. The number of hydrogen-bond donors (Lipinski definition) is 4. The van der Waals surface area contributed by atoms with Gasteiger partial charge in [-0.3, -0.25) is 9.36 Å².